The van der Waals surface area contributed by atoms with Gasteiger partial charge in [-0.1, -0.05) is 0 Å². The SMILES string of the molecule is CSC1C2CCC(C2)C1N. The van der Waals surface area contributed by atoms with Crippen molar-refractivity contribution in [1.29, 1.82) is 0 Å². The number of thioether (sulfide) groups is 1. The highest BCUT2D eigenvalue weighted by atomic mass is 32.2. The summed E-state index contributed by atoms with van der Waals surface area (Å²) in [4.78, 5) is 0. The highest BCUT2D eigenvalue weighted by Crippen LogP contribution is 2.47. The summed E-state index contributed by atoms with van der Waals surface area (Å²) < 4.78 is 0. The predicted octanol–water partition coefficient (Wildman–Crippen LogP) is 1.48. The molecule has 58 valence electrons. The molecule has 4 atom stereocenters. The summed E-state index contributed by atoms with van der Waals surface area (Å²) in [5, 5.41) is 0.791. The number of hydrogen-bond acceptors (Lipinski definition) is 2. The fourth-order valence-electron chi connectivity index (χ4n) is 2.63. The number of fused-ring (bicyclic) bond motifs is 2. The molecule has 2 aliphatic carbocycles. The Morgan fingerprint density at radius 1 is 1.30 bits per heavy atom. The van der Waals surface area contributed by atoms with Crippen molar-refractivity contribution in [2.75, 3.05) is 6.26 Å². The van der Waals surface area contributed by atoms with Crippen LogP contribution >= 0.6 is 11.8 Å². The van der Waals surface area contributed by atoms with E-state index in [4.69, 9.17) is 5.73 Å². The van der Waals surface area contributed by atoms with Crippen LogP contribution in [-0.4, -0.2) is 17.5 Å². The zero-order chi connectivity index (χ0) is 7.14. The number of hydrogen-bond donors (Lipinski definition) is 1. The molecule has 1 nitrogen and oxygen atoms in total. The molecule has 2 bridgehead atoms. The first-order chi connectivity index (χ1) is 4.83. The Morgan fingerprint density at radius 2 is 2.00 bits per heavy atom. The van der Waals surface area contributed by atoms with Crippen LogP contribution in [0.3, 0.4) is 0 Å². The van der Waals surface area contributed by atoms with Crippen molar-refractivity contribution in [3.63, 3.8) is 0 Å². The van der Waals surface area contributed by atoms with Gasteiger partial charge in [-0.2, -0.15) is 11.8 Å². The van der Waals surface area contributed by atoms with Gasteiger partial charge in [-0.15, -0.1) is 0 Å². The average molecular weight is 157 g/mol. The van der Waals surface area contributed by atoms with Gasteiger partial charge in [0.2, 0.25) is 0 Å². The lowest BCUT2D eigenvalue weighted by Crippen LogP contribution is -2.37. The second kappa shape index (κ2) is 2.42. The van der Waals surface area contributed by atoms with Gasteiger partial charge in [-0.05, 0) is 37.4 Å². The smallest absolute Gasteiger partial charge is 0.0227 e. The molecule has 0 amide bonds. The summed E-state index contributed by atoms with van der Waals surface area (Å²) in [5.74, 6) is 1.84. The minimum absolute atomic E-state index is 0.522. The predicted molar refractivity (Wildman–Crippen MR) is 46.1 cm³/mol. The summed E-state index contributed by atoms with van der Waals surface area (Å²) in [5.41, 5.74) is 6.05. The molecule has 0 aromatic heterocycles. The molecule has 0 saturated heterocycles. The summed E-state index contributed by atoms with van der Waals surface area (Å²) in [6, 6.07) is 0.522. The van der Waals surface area contributed by atoms with Gasteiger partial charge >= 0.3 is 0 Å². The molecule has 2 aliphatic rings. The van der Waals surface area contributed by atoms with Crippen molar-refractivity contribution in [2.24, 2.45) is 17.6 Å². The van der Waals surface area contributed by atoms with Crippen molar-refractivity contribution in [3.8, 4) is 0 Å². The molecular weight excluding hydrogens is 142 g/mol. The highest BCUT2D eigenvalue weighted by Gasteiger charge is 2.45. The third-order valence-electron chi connectivity index (χ3n) is 3.17. The van der Waals surface area contributed by atoms with Crippen LogP contribution in [0.25, 0.3) is 0 Å². The fraction of sp³-hybridized carbons (Fsp3) is 1.00. The molecule has 2 N–H and O–H groups in total. The van der Waals surface area contributed by atoms with Crippen LogP contribution in [0, 0.1) is 11.8 Å². The largest absolute Gasteiger partial charge is 0.326 e. The van der Waals surface area contributed by atoms with Gasteiger partial charge in [0.05, 0.1) is 0 Å². The summed E-state index contributed by atoms with van der Waals surface area (Å²) in [6.45, 7) is 0. The Labute approximate surface area is 66.7 Å². The first-order valence-electron chi connectivity index (χ1n) is 4.11. The third kappa shape index (κ3) is 0.817. The monoisotopic (exact) mass is 157 g/mol. The zero-order valence-corrected chi connectivity index (χ0v) is 7.23. The van der Waals surface area contributed by atoms with Gasteiger partial charge in [-0.25, -0.2) is 0 Å². The maximum absolute atomic E-state index is 6.05. The lowest BCUT2D eigenvalue weighted by atomic mass is 9.96. The van der Waals surface area contributed by atoms with E-state index < -0.39 is 0 Å². The minimum atomic E-state index is 0.522. The van der Waals surface area contributed by atoms with Gasteiger partial charge < -0.3 is 5.73 Å². The molecule has 2 rings (SSSR count). The molecule has 4 unspecified atom stereocenters. The minimum Gasteiger partial charge on any atom is -0.326 e. The summed E-state index contributed by atoms with van der Waals surface area (Å²) in [6.07, 6.45) is 6.48. The van der Waals surface area contributed by atoms with Crippen LogP contribution in [0.5, 0.6) is 0 Å². The highest BCUT2D eigenvalue weighted by molar-refractivity contribution is 7.99. The zero-order valence-electron chi connectivity index (χ0n) is 6.42. The second-order valence-electron chi connectivity index (χ2n) is 3.61. The molecule has 2 saturated carbocycles. The van der Waals surface area contributed by atoms with E-state index in [0.29, 0.717) is 6.04 Å². The molecule has 0 heterocycles. The van der Waals surface area contributed by atoms with Crippen molar-refractivity contribution in [3.05, 3.63) is 0 Å². The van der Waals surface area contributed by atoms with Crippen molar-refractivity contribution in [1.82, 2.24) is 0 Å². The van der Waals surface area contributed by atoms with Gasteiger partial charge in [0.1, 0.15) is 0 Å². The first-order valence-corrected chi connectivity index (χ1v) is 5.40. The van der Waals surface area contributed by atoms with Crippen LogP contribution in [0.15, 0.2) is 0 Å². The lowest BCUT2D eigenvalue weighted by molar-refractivity contribution is 0.429. The standard InChI is InChI=1S/C8H15NS/c1-10-8-6-3-2-5(4-6)7(8)9/h5-8H,2-4,9H2,1H3. The van der Waals surface area contributed by atoms with Crippen LogP contribution in [-0.2, 0) is 0 Å². The fourth-order valence-corrected chi connectivity index (χ4v) is 3.80. The van der Waals surface area contributed by atoms with Crippen LogP contribution < -0.4 is 5.73 Å². The lowest BCUT2D eigenvalue weighted by Gasteiger charge is -2.25. The Bertz CT molecular complexity index is 135. The van der Waals surface area contributed by atoms with Gasteiger partial charge in [0.15, 0.2) is 0 Å². The topological polar surface area (TPSA) is 26.0 Å². The van der Waals surface area contributed by atoms with Gasteiger partial charge in [0, 0.05) is 11.3 Å². The number of nitrogens with two attached hydrogens (primary N) is 1. The summed E-state index contributed by atoms with van der Waals surface area (Å²) >= 11 is 1.98. The van der Waals surface area contributed by atoms with Gasteiger partial charge in [-0.3, -0.25) is 0 Å². The molecule has 0 aliphatic heterocycles. The number of rotatable bonds is 1. The van der Waals surface area contributed by atoms with E-state index in [2.05, 4.69) is 6.26 Å². The Morgan fingerprint density at radius 3 is 2.40 bits per heavy atom. The van der Waals surface area contributed by atoms with E-state index in [1.165, 1.54) is 19.3 Å². The van der Waals surface area contributed by atoms with E-state index in [1.54, 1.807) is 0 Å². The Hall–Kier alpha value is 0.310. The van der Waals surface area contributed by atoms with E-state index >= 15 is 0 Å². The van der Waals surface area contributed by atoms with Crippen LogP contribution in [0.1, 0.15) is 19.3 Å². The molecule has 0 spiro atoms. The average Bonchev–Trinajstić information content (AvgIpc) is 2.46. The molecule has 2 fully saturated rings. The van der Waals surface area contributed by atoms with E-state index in [1.807, 2.05) is 11.8 Å². The maximum Gasteiger partial charge on any atom is 0.0227 e. The van der Waals surface area contributed by atoms with Gasteiger partial charge in [0.25, 0.3) is 0 Å². The van der Waals surface area contributed by atoms with Crippen LogP contribution in [0.2, 0.25) is 0 Å². The van der Waals surface area contributed by atoms with Crippen molar-refractivity contribution < 1.29 is 0 Å². The maximum atomic E-state index is 6.05. The normalized spacial score (nSPS) is 52.2. The van der Waals surface area contributed by atoms with E-state index in [0.717, 1.165) is 17.1 Å². The Balaban J connectivity index is 2.10. The molecule has 10 heavy (non-hydrogen) atoms. The van der Waals surface area contributed by atoms with Crippen molar-refractivity contribution in [2.45, 2.75) is 30.6 Å². The second-order valence-corrected chi connectivity index (χ2v) is 4.63. The van der Waals surface area contributed by atoms with Crippen molar-refractivity contribution >= 4 is 11.8 Å². The molecule has 0 aromatic rings. The molecule has 0 radical (unpaired) electrons. The summed E-state index contributed by atoms with van der Waals surface area (Å²) in [7, 11) is 0. The first kappa shape index (κ1) is 6.99. The van der Waals surface area contributed by atoms with Crippen LogP contribution in [0.4, 0.5) is 0 Å². The Kier molecular flexibility index (Phi) is 1.69. The quantitative estimate of drug-likeness (QED) is 0.624. The molecule has 0 aromatic carbocycles. The third-order valence-corrected chi connectivity index (χ3v) is 4.42. The molecule has 2 heteroatoms. The van der Waals surface area contributed by atoms with E-state index in [-0.39, 0.29) is 0 Å². The molecular formula is C8H15NS. The van der Waals surface area contributed by atoms with E-state index in [9.17, 15) is 0 Å².